The van der Waals surface area contributed by atoms with E-state index >= 15 is 0 Å². The van der Waals surface area contributed by atoms with Gasteiger partial charge in [0.25, 0.3) is 0 Å². The highest BCUT2D eigenvalue weighted by atomic mass is 127. The van der Waals surface area contributed by atoms with Crippen LogP contribution in [0.5, 0.6) is 0 Å². The van der Waals surface area contributed by atoms with Crippen LogP contribution in [0.25, 0.3) is 0 Å². The first-order chi connectivity index (χ1) is 13.2. The van der Waals surface area contributed by atoms with Gasteiger partial charge in [-0.3, -0.25) is 9.89 Å². The molecule has 28 heavy (non-hydrogen) atoms. The zero-order valence-electron chi connectivity index (χ0n) is 17.1. The molecule has 158 valence electrons. The summed E-state index contributed by atoms with van der Waals surface area (Å²) in [7, 11) is 0. The van der Waals surface area contributed by atoms with Crippen LogP contribution in [0.1, 0.15) is 57.4 Å². The topological polar surface area (TPSA) is 59.9 Å². The molecule has 1 aromatic rings. The molecule has 6 heteroatoms. The van der Waals surface area contributed by atoms with Gasteiger partial charge in [-0.25, -0.2) is 0 Å². The van der Waals surface area contributed by atoms with Crippen LogP contribution in [0, 0.1) is 0 Å². The third-order valence-corrected chi connectivity index (χ3v) is 5.82. The third kappa shape index (κ3) is 7.52. The molecule has 2 aliphatic rings. The number of hydrogen-bond donors (Lipinski definition) is 3. The summed E-state index contributed by atoms with van der Waals surface area (Å²) in [4.78, 5) is 7.53. The van der Waals surface area contributed by atoms with Gasteiger partial charge in [-0.2, -0.15) is 0 Å². The van der Waals surface area contributed by atoms with Gasteiger partial charge in [-0.15, -0.1) is 24.0 Å². The zero-order valence-corrected chi connectivity index (χ0v) is 19.5. The second kappa shape index (κ2) is 12.6. The smallest absolute Gasteiger partial charge is 0.191 e. The zero-order chi connectivity index (χ0) is 18.9. The van der Waals surface area contributed by atoms with E-state index in [1.54, 1.807) is 0 Å². The van der Waals surface area contributed by atoms with Gasteiger partial charge in [0.1, 0.15) is 0 Å². The normalized spacial score (nSPS) is 26.4. The number of nitrogens with zero attached hydrogens (tertiary/aromatic N) is 2. The molecular formula is C22H37IN4O. The SMILES string of the molecule is CCNC(=NCC1CCCCN1Cc1ccccc1)NC1CCC(O)CC1.I. The van der Waals surface area contributed by atoms with Gasteiger partial charge in [0.05, 0.1) is 12.6 Å². The number of nitrogens with one attached hydrogen (secondary N) is 2. The molecule has 0 spiro atoms. The molecule has 3 N–H and O–H groups in total. The maximum absolute atomic E-state index is 9.71. The molecular weight excluding hydrogens is 463 g/mol. The van der Waals surface area contributed by atoms with Crippen molar-refractivity contribution >= 4 is 29.9 Å². The number of aliphatic hydroxyl groups excluding tert-OH is 1. The van der Waals surface area contributed by atoms with E-state index in [1.165, 1.54) is 31.4 Å². The lowest BCUT2D eigenvalue weighted by Gasteiger charge is -2.35. The van der Waals surface area contributed by atoms with Crippen LogP contribution in [-0.4, -0.2) is 53.8 Å². The van der Waals surface area contributed by atoms with Crippen molar-refractivity contribution in [1.82, 2.24) is 15.5 Å². The monoisotopic (exact) mass is 500 g/mol. The number of halogens is 1. The molecule has 0 bridgehead atoms. The third-order valence-electron chi connectivity index (χ3n) is 5.82. The van der Waals surface area contributed by atoms with E-state index in [9.17, 15) is 5.11 Å². The Kier molecular flexibility index (Phi) is 10.6. The number of aliphatic hydroxyl groups is 1. The molecule has 5 nitrogen and oxygen atoms in total. The van der Waals surface area contributed by atoms with E-state index in [1.807, 2.05) is 0 Å². The highest BCUT2D eigenvalue weighted by Crippen LogP contribution is 2.20. The largest absolute Gasteiger partial charge is 0.393 e. The van der Waals surface area contributed by atoms with Gasteiger partial charge in [0.15, 0.2) is 5.96 Å². The van der Waals surface area contributed by atoms with Gasteiger partial charge in [0, 0.05) is 25.2 Å². The van der Waals surface area contributed by atoms with Gasteiger partial charge >= 0.3 is 0 Å². The summed E-state index contributed by atoms with van der Waals surface area (Å²) in [6.45, 7) is 6.02. The van der Waals surface area contributed by atoms with Crippen LogP contribution in [-0.2, 0) is 6.54 Å². The fourth-order valence-corrected chi connectivity index (χ4v) is 4.22. The first-order valence-electron chi connectivity index (χ1n) is 10.8. The van der Waals surface area contributed by atoms with Crippen molar-refractivity contribution in [3.8, 4) is 0 Å². The summed E-state index contributed by atoms with van der Waals surface area (Å²) in [5.41, 5.74) is 1.39. The van der Waals surface area contributed by atoms with Crippen LogP contribution in [0.15, 0.2) is 35.3 Å². The van der Waals surface area contributed by atoms with Crippen molar-refractivity contribution in [2.24, 2.45) is 4.99 Å². The molecule has 1 aliphatic carbocycles. The van der Waals surface area contributed by atoms with Gasteiger partial charge in [-0.05, 0) is 57.6 Å². The minimum atomic E-state index is -0.114. The predicted octanol–water partition coefficient (Wildman–Crippen LogP) is 3.52. The Morgan fingerprint density at radius 3 is 2.57 bits per heavy atom. The molecule has 1 aromatic carbocycles. The molecule has 1 saturated heterocycles. The Labute approximate surface area is 187 Å². The fourth-order valence-electron chi connectivity index (χ4n) is 4.22. The maximum atomic E-state index is 9.71. The van der Waals surface area contributed by atoms with E-state index in [0.717, 1.165) is 51.3 Å². The first kappa shape index (κ1) is 23.4. The number of piperidine rings is 1. The molecule has 1 unspecified atom stereocenters. The molecule has 2 fully saturated rings. The highest BCUT2D eigenvalue weighted by molar-refractivity contribution is 14.0. The van der Waals surface area contributed by atoms with Crippen LogP contribution in [0.4, 0.5) is 0 Å². The summed E-state index contributed by atoms with van der Waals surface area (Å²) in [5.74, 6) is 0.934. The lowest BCUT2D eigenvalue weighted by atomic mass is 9.93. The van der Waals surface area contributed by atoms with E-state index in [-0.39, 0.29) is 30.1 Å². The average Bonchev–Trinajstić information content (AvgIpc) is 2.70. The van der Waals surface area contributed by atoms with E-state index in [2.05, 4.69) is 52.8 Å². The minimum Gasteiger partial charge on any atom is -0.393 e. The molecule has 0 amide bonds. The Balaban J connectivity index is 0.00000280. The van der Waals surface area contributed by atoms with Crippen molar-refractivity contribution in [3.05, 3.63) is 35.9 Å². The number of rotatable bonds is 6. The molecule has 1 saturated carbocycles. The number of hydrogen-bond acceptors (Lipinski definition) is 3. The Hall–Kier alpha value is -0.860. The maximum Gasteiger partial charge on any atom is 0.191 e. The van der Waals surface area contributed by atoms with E-state index in [4.69, 9.17) is 4.99 Å². The number of aliphatic imine (C=N–C) groups is 1. The highest BCUT2D eigenvalue weighted by Gasteiger charge is 2.23. The van der Waals surface area contributed by atoms with Gasteiger partial charge in [-0.1, -0.05) is 36.8 Å². The predicted molar refractivity (Wildman–Crippen MR) is 127 cm³/mol. The second-order valence-electron chi connectivity index (χ2n) is 7.98. The summed E-state index contributed by atoms with van der Waals surface area (Å²) in [5, 5.41) is 16.7. The van der Waals surface area contributed by atoms with Crippen LogP contribution < -0.4 is 10.6 Å². The summed E-state index contributed by atoms with van der Waals surface area (Å²) in [6.07, 6.45) is 7.53. The van der Waals surface area contributed by atoms with Gasteiger partial charge < -0.3 is 15.7 Å². The lowest BCUT2D eigenvalue weighted by molar-refractivity contribution is 0.120. The number of guanidine groups is 1. The van der Waals surface area contributed by atoms with Crippen molar-refractivity contribution in [1.29, 1.82) is 0 Å². The number of benzene rings is 1. The average molecular weight is 500 g/mol. The van der Waals surface area contributed by atoms with Crippen LogP contribution in [0.2, 0.25) is 0 Å². The molecule has 1 atom stereocenters. The van der Waals surface area contributed by atoms with Crippen molar-refractivity contribution in [2.45, 2.75) is 76.6 Å². The quantitative estimate of drug-likeness (QED) is 0.318. The standard InChI is InChI=1S/C22H36N4O.HI/c1-2-23-22(25-19-11-13-21(27)14-12-19)24-16-20-10-6-7-15-26(20)17-18-8-4-3-5-9-18;/h3-5,8-9,19-21,27H,2,6-7,10-17H2,1H3,(H2,23,24,25);1H. The summed E-state index contributed by atoms with van der Waals surface area (Å²) >= 11 is 0. The van der Waals surface area contributed by atoms with Crippen molar-refractivity contribution in [2.75, 3.05) is 19.6 Å². The lowest BCUT2D eigenvalue weighted by Crippen LogP contribution is -2.46. The Bertz CT molecular complexity index is 575. The molecule has 1 heterocycles. The summed E-state index contributed by atoms with van der Waals surface area (Å²) in [6, 6.07) is 11.7. The minimum absolute atomic E-state index is 0. The van der Waals surface area contributed by atoms with Crippen molar-refractivity contribution in [3.63, 3.8) is 0 Å². The van der Waals surface area contributed by atoms with Crippen LogP contribution >= 0.6 is 24.0 Å². The van der Waals surface area contributed by atoms with E-state index < -0.39 is 0 Å². The second-order valence-corrected chi connectivity index (χ2v) is 7.98. The van der Waals surface area contributed by atoms with Gasteiger partial charge in [0.2, 0.25) is 0 Å². The van der Waals surface area contributed by atoms with Crippen LogP contribution in [0.3, 0.4) is 0 Å². The fraction of sp³-hybridized carbons (Fsp3) is 0.682. The first-order valence-corrected chi connectivity index (χ1v) is 10.8. The summed E-state index contributed by atoms with van der Waals surface area (Å²) < 4.78 is 0. The molecule has 3 rings (SSSR count). The van der Waals surface area contributed by atoms with Crippen molar-refractivity contribution < 1.29 is 5.11 Å². The molecule has 1 aliphatic heterocycles. The number of likely N-dealkylation sites (tertiary alicyclic amines) is 1. The Morgan fingerprint density at radius 1 is 1.11 bits per heavy atom. The molecule has 0 aromatic heterocycles. The van der Waals surface area contributed by atoms with E-state index in [0.29, 0.717) is 12.1 Å². The molecule has 0 radical (unpaired) electrons. The Morgan fingerprint density at radius 2 is 1.86 bits per heavy atom.